The first-order chi connectivity index (χ1) is 27.6. The third-order valence-corrected chi connectivity index (χ3v) is 12.3. The second-order valence-electron chi connectivity index (χ2n) is 15.6. The minimum absolute atomic E-state index is 0.0207. The van der Waals surface area contributed by atoms with Crippen LogP contribution in [0.3, 0.4) is 0 Å². The highest BCUT2D eigenvalue weighted by molar-refractivity contribution is 6.31. The standard InChI is InChI=1S/C41H46ClN9O6/c42-33-20-30(5-1-26(33)21-43)57-29-6-2-27(3-7-29)46-38(53)34-22-45-36(23-44-34)50-13-11-25(12-14-50)24-48-15-17-49(18-16-48)28-4-8-31-32(19-28)41(56)51(40(31)55)35-9-10-37(52)47-39(35)54/h1,4-5,8,19-20,22-23,25,27,29,35,41,56H,2-3,6-7,9-18,24H2,(H,46,53)(H,47,52,54). The molecule has 57 heavy (non-hydrogen) atoms. The summed E-state index contributed by atoms with van der Waals surface area (Å²) in [5.41, 5.74) is 2.53. The zero-order valence-electron chi connectivity index (χ0n) is 31.6. The third kappa shape index (κ3) is 8.39. The largest absolute Gasteiger partial charge is 0.490 e. The number of piperidine rings is 2. The van der Waals surface area contributed by atoms with E-state index in [9.17, 15) is 24.3 Å². The molecular weight excluding hydrogens is 750 g/mol. The first kappa shape index (κ1) is 38.6. The van der Waals surface area contributed by atoms with E-state index in [1.165, 1.54) is 4.90 Å². The summed E-state index contributed by atoms with van der Waals surface area (Å²) in [6.07, 6.45) is 7.59. The van der Waals surface area contributed by atoms with Crippen molar-refractivity contribution < 1.29 is 29.0 Å². The number of anilines is 2. The van der Waals surface area contributed by atoms with Gasteiger partial charge >= 0.3 is 0 Å². The number of carbonyl (C=O) groups is 4. The number of imide groups is 1. The smallest absolute Gasteiger partial charge is 0.271 e. The maximum atomic E-state index is 13.2. The molecule has 3 aromatic rings. The van der Waals surface area contributed by atoms with Gasteiger partial charge in [-0.3, -0.25) is 34.3 Å². The fourth-order valence-electron chi connectivity index (χ4n) is 8.75. The Bertz CT molecular complexity index is 2050. The predicted molar refractivity (Wildman–Crippen MR) is 210 cm³/mol. The SMILES string of the molecule is N#Cc1ccc(OC2CCC(NC(=O)c3cnc(N4CCC(CN5CCN(c6ccc7c(c6)C(O)N(C6CCC(=O)NC6=O)C7=O)CC5)CC4)cn3)CC2)cc1Cl. The summed E-state index contributed by atoms with van der Waals surface area (Å²) in [7, 11) is 0. The van der Waals surface area contributed by atoms with Crippen molar-refractivity contribution in [2.45, 2.75) is 75.8 Å². The average Bonchev–Trinajstić information content (AvgIpc) is 3.47. The molecule has 0 spiro atoms. The van der Waals surface area contributed by atoms with Crippen LogP contribution in [0, 0.1) is 17.2 Å². The Labute approximate surface area is 335 Å². The van der Waals surface area contributed by atoms with Crippen molar-refractivity contribution in [2.24, 2.45) is 5.92 Å². The van der Waals surface area contributed by atoms with Gasteiger partial charge < -0.3 is 25.0 Å². The fraction of sp³-hybridized carbons (Fsp3) is 0.488. The zero-order chi connectivity index (χ0) is 39.6. The molecule has 4 fully saturated rings. The lowest BCUT2D eigenvalue weighted by Gasteiger charge is -2.40. The number of hydrogen-bond donors (Lipinski definition) is 3. The molecule has 5 aliphatic rings. The van der Waals surface area contributed by atoms with Crippen LogP contribution in [0.15, 0.2) is 48.8 Å². The lowest BCUT2D eigenvalue weighted by molar-refractivity contribution is -0.139. The van der Waals surface area contributed by atoms with Gasteiger partial charge in [0.15, 0.2) is 6.23 Å². The van der Waals surface area contributed by atoms with E-state index in [0.29, 0.717) is 39.1 Å². The maximum absolute atomic E-state index is 13.2. The molecule has 16 heteroatoms. The molecule has 1 saturated carbocycles. The number of rotatable bonds is 9. The van der Waals surface area contributed by atoms with Crippen molar-refractivity contribution in [2.75, 3.05) is 55.6 Å². The van der Waals surface area contributed by atoms with Crippen LogP contribution >= 0.6 is 11.6 Å². The van der Waals surface area contributed by atoms with Crippen molar-refractivity contribution in [3.8, 4) is 11.8 Å². The van der Waals surface area contributed by atoms with Crippen LogP contribution < -0.4 is 25.2 Å². The van der Waals surface area contributed by atoms with E-state index in [1.54, 1.807) is 36.7 Å². The topological polar surface area (TPSA) is 184 Å². The molecule has 1 aromatic heterocycles. The fourth-order valence-corrected chi connectivity index (χ4v) is 8.96. The van der Waals surface area contributed by atoms with E-state index in [1.807, 2.05) is 12.1 Å². The quantitative estimate of drug-likeness (QED) is 0.269. The molecule has 2 atom stereocenters. The van der Waals surface area contributed by atoms with Gasteiger partial charge in [-0.15, -0.1) is 0 Å². The van der Waals surface area contributed by atoms with Gasteiger partial charge in [-0.2, -0.15) is 5.26 Å². The Hall–Kier alpha value is -5.30. The number of ether oxygens (including phenoxy) is 1. The first-order valence-corrected chi connectivity index (χ1v) is 20.2. The van der Waals surface area contributed by atoms with Crippen LogP contribution in [0.2, 0.25) is 5.02 Å². The van der Waals surface area contributed by atoms with Gasteiger partial charge in [0.2, 0.25) is 11.8 Å². The molecule has 2 unspecified atom stereocenters. The van der Waals surface area contributed by atoms with Gasteiger partial charge in [0.1, 0.15) is 29.4 Å². The van der Waals surface area contributed by atoms with Crippen molar-refractivity contribution in [3.05, 3.63) is 76.2 Å². The van der Waals surface area contributed by atoms with Crippen molar-refractivity contribution in [1.29, 1.82) is 5.26 Å². The number of piperazine rings is 1. The van der Waals surface area contributed by atoms with Gasteiger partial charge in [0, 0.05) is 81.2 Å². The number of aliphatic hydroxyl groups is 1. The molecule has 4 aliphatic heterocycles. The Morgan fingerprint density at radius 1 is 0.930 bits per heavy atom. The molecular formula is C41H46ClN9O6. The van der Waals surface area contributed by atoms with E-state index >= 15 is 0 Å². The highest BCUT2D eigenvalue weighted by Gasteiger charge is 2.44. The van der Waals surface area contributed by atoms with Crippen LogP contribution in [0.25, 0.3) is 0 Å². The first-order valence-electron chi connectivity index (χ1n) is 19.8. The molecule has 4 amide bonds. The van der Waals surface area contributed by atoms with Gasteiger partial charge in [0.05, 0.1) is 29.1 Å². The van der Waals surface area contributed by atoms with Crippen LogP contribution in [0.5, 0.6) is 5.75 Å². The lowest BCUT2D eigenvalue weighted by atomic mass is 9.93. The molecule has 3 N–H and O–H groups in total. The van der Waals surface area contributed by atoms with Crippen LogP contribution in [-0.2, 0) is 9.59 Å². The van der Waals surface area contributed by atoms with E-state index in [0.717, 1.165) is 95.8 Å². The van der Waals surface area contributed by atoms with Gasteiger partial charge in [-0.25, -0.2) is 9.97 Å². The van der Waals surface area contributed by atoms with Crippen LogP contribution in [0.4, 0.5) is 11.5 Å². The van der Waals surface area contributed by atoms with E-state index in [-0.39, 0.29) is 36.8 Å². The van der Waals surface area contributed by atoms with Gasteiger partial charge in [0.25, 0.3) is 11.8 Å². The number of aromatic nitrogens is 2. The summed E-state index contributed by atoms with van der Waals surface area (Å²) in [6, 6.07) is 11.8. The minimum Gasteiger partial charge on any atom is -0.490 e. The number of nitrogens with zero attached hydrogens (tertiary/aromatic N) is 7. The minimum atomic E-state index is -1.24. The average molecular weight is 796 g/mol. The molecule has 3 saturated heterocycles. The van der Waals surface area contributed by atoms with Crippen LogP contribution in [0.1, 0.15) is 89.6 Å². The molecule has 298 valence electrons. The number of amides is 4. The monoisotopic (exact) mass is 795 g/mol. The van der Waals surface area contributed by atoms with Crippen molar-refractivity contribution in [1.82, 2.24) is 30.4 Å². The molecule has 8 rings (SSSR count). The summed E-state index contributed by atoms with van der Waals surface area (Å²) in [5, 5.41) is 26.0. The van der Waals surface area contributed by atoms with Crippen molar-refractivity contribution >= 4 is 46.7 Å². The van der Waals surface area contributed by atoms with Gasteiger partial charge in [-0.05, 0) is 81.2 Å². The van der Waals surface area contributed by atoms with Crippen molar-refractivity contribution in [3.63, 3.8) is 0 Å². The molecule has 0 bridgehead atoms. The number of carbonyl (C=O) groups excluding carboxylic acids is 4. The van der Waals surface area contributed by atoms with Crippen LogP contribution in [-0.4, -0.2) is 113 Å². The van der Waals surface area contributed by atoms with E-state index in [4.69, 9.17) is 21.6 Å². The number of hydrogen-bond acceptors (Lipinski definition) is 12. The third-order valence-electron chi connectivity index (χ3n) is 12.0. The number of nitriles is 1. The number of benzene rings is 2. The number of aliphatic hydroxyl groups excluding tert-OH is 1. The van der Waals surface area contributed by atoms with E-state index in [2.05, 4.69) is 41.4 Å². The summed E-state index contributed by atoms with van der Waals surface area (Å²) >= 11 is 6.14. The van der Waals surface area contributed by atoms with Gasteiger partial charge in [-0.1, -0.05) is 11.6 Å². The summed E-state index contributed by atoms with van der Waals surface area (Å²) < 4.78 is 6.08. The Balaban J connectivity index is 0.752. The summed E-state index contributed by atoms with van der Waals surface area (Å²) in [4.78, 5) is 67.5. The molecule has 1 aliphatic carbocycles. The Kier molecular flexibility index (Phi) is 11.3. The van der Waals surface area contributed by atoms with E-state index < -0.39 is 24.1 Å². The highest BCUT2D eigenvalue weighted by atomic mass is 35.5. The normalized spacial score (nSPS) is 24.5. The molecule has 15 nitrogen and oxygen atoms in total. The summed E-state index contributed by atoms with van der Waals surface area (Å²) in [5.74, 6) is 0.443. The second-order valence-corrected chi connectivity index (χ2v) is 16.0. The number of halogens is 1. The Morgan fingerprint density at radius 2 is 1.70 bits per heavy atom. The molecule has 0 radical (unpaired) electrons. The zero-order valence-corrected chi connectivity index (χ0v) is 32.4. The maximum Gasteiger partial charge on any atom is 0.271 e. The Morgan fingerprint density at radius 3 is 2.39 bits per heavy atom. The highest BCUT2D eigenvalue weighted by Crippen LogP contribution is 2.38. The predicted octanol–water partition coefficient (Wildman–Crippen LogP) is 3.41. The molecule has 2 aromatic carbocycles. The molecule has 5 heterocycles. The number of nitrogens with one attached hydrogen (secondary N) is 2. The lowest BCUT2D eigenvalue weighted by Crippen LogP contribution is -2.53. The second kappa shape index (κ2) is 16.7. The number of fused-ring (bicyclic) bond motifs is 1. The summed E-state index contributed by atoms with van der Waals surface area (Å²) in [6.45, 7) is 6.20.